The number of carbonyl (C=O) groups excluding carboxylic acids is 1. The minimum absolute atomic E-state index is 0.211. The fourth-order valence-electron chi connectivity index (χ4n) is 6.21. The SMILES string of the molecule is COc1cc2c(cn1)CO[C@@]21CCN(C(=O)O)C[C@@H]1c1ccc(-c2ccccc2CCC(=O)OC(C)(C)C)cc1C. The average molecular weight is 559 g/mol. The summed E-state index contributed by atoms with van der Waals surface area (Å²) in [5, 5.41) is 9.88. The van der Waals surface area contributed by atoms with Crippen molar-refractivity contribution < 1.29 is 28.9 Å². The van der Waals surface area contributed by atoms with E-state index >= 15 is 0 Å². The Hall–Kier alpha value is -3.91. The first-order chi connectivity index (χ1) is 19.5. The molecule has 41 heavy (non-hydrogen) atoms. The molecule has 2 aliphatic heterocycles. The molecule has 1 spiro atoms. The van der Waals surface area contributed by atoms with Crippen LogP contribution in [0, 0.1) is 6.92 Å². The average Bonchev–Trinajstić information content (AvgIpc) is 3.29. The topological polar surface area (TPSA) is 98.2 Å². The Kier molecular flexibility index (Phi) is 7.79. The van der Waals surface area contributed by atoms with Crippen molar-refractivity contribution in [2.45, 2.75) is 70.7 Å². The minimum atomic E-state index is -0.927. The van der Waals surface area contributed by atoms with Gasteiger partial charge in [-0.2, -0.15) is 0 Å². The number of benzene rings is 2. The van der Waals surface area contributed by atoms with Gasteiger partial charge in [-0.25, -0.2) is 9.78 Å². The Balaban J connectivity index is 1.48. The maximum absolute atomic E-state index is 12.4. The predicted octanol–water partition coefficient (Wildman–Crippen LogP) is 6.23. The fourth-order valence-corrected chi connectivity index (χ4v) is 6.21. The second-order valence-corrected chi connectivity index (χ2v) is 11.9. The molecule has 1 fully saturated rings. The lowest BCUT2D eigenvalue weighted by Crippen LogP contribution is -2.50. The van der Waals surface area contributed by atoms with Crippen LogP contribution in [0.25, 0.3) is 11.1 Å². The molecule has 0 aliphatic carbocycles. The number of piperidine rings is 1. The highest BCUT2D eigenvalue weighted by Crippen LogP contribution is 2.52. The lowest BCUT2D eigenvalue weighted by atomic mass is 9.71. The third-order valence-electron chi connectivity index (χ3n) is 8.09. The Morgan fingerprint density at radius 1 is 1.17 bits per heavy atom. The van der Waals surface area contributed by atoms with E-state index < -0.39 is 17.3 Å². The number of ether oxygens (including phenoxy) is 3. The Labute approximate surface area is 241 Å². The second kappa shape index (κ2) is 11.2. The normalized spacial score (nSPS) is 20.1. The summed E-state index contributed by atoms with van der Waals surface area (Å²) in [6.07, 6.45) is 2.29. The number of hydrogen-bond donors (Lipinski definition) is 1. The molecule has 1 N–H and O–H groups in total. The van der Waals surface area contributed by atoms with Gasteiger partial charge in [0.1, 0.15) is 11.2 Å². The molecule has 0 saturated carbocycles. The van der Waals surface area contributed by atoms with Crippen LogP contribution in [0.1, 0.15) is 67.3 Å². The highest BCUT2D eigenvalue weighted by atomic mass is 16.6. The monoisotopic (exact) mass is 558 g/mol. The van der Waals surface area contributed by atoms with Crippen molar-refractivity contribution in [3.63, 3.8) is 0 Å². The largest absolute Gasteiger partial charge is 0.481 e. The molecule has 1 aromatic heterocycles. The Morgan fingerprint density at radius 3 is 2.66 bits per heavy atom. The number of carbonyl (C=O) groups is 2. The van der Waals surface area contributed by atoms with Crippen LogP contribution >= 0.6 is 0 Å². The van der Waals surface area contributed by atoms with Crippen LogP contribution in [0.15, 0.2) is 54.7 Å². The minimum Gasteiger partial charge on any atom is -0.481 e. The molecule has 3 aromatic rings. The molecule has 0 unspecified atom stereocenters. The lowest BCUT2D eigenvalue weighted by molar-refractivity contribution is -0.154. The van der Waals surface area contributed by atoms with E-state index in [1.165, 1.54) is 4.90 Å². The quantitative estimate of drug-likeness (QED) is 0.358. The van der Waals surface area contributed by atoms with Crippen LogP contribution in [0.3, 0.4) is 0 Å². The van der Waals surface area contributed by atoms with E-state index in [1.807, 2.05) is 39.0 Å². The van der Waals surface area contributed by atoms with Crippen molar-refractivity contribution >= 4 is 12.1 Å². The molecule has 8 nitrogen and oxygen atoms in total. The zero-order valence-corrected chi connectivity index (χ0v) is 24.4. The van der Waals surface area contributed by atoms with Gasteiger partial charge in [0.2, 0.25) is 5.88 Å². The van der Waals surface area contributed by atoms with E-state index in [0.29, 0.717) is 44.8 Å². The van der Waals surface area contributed by atoms with Crippen molar-refractivity contribution in [1.82, 2.24) is 9.88 Å². The Morgan fingerprint density at radius 2 is 1.95 bits per heavy atom. The first-order valence-corrected chi connectivity index (χ1v) is 14.1. The lowest BCUT2D eigenvalue weighted by Gasteiger charge is -2.45. The van der Waals surface area contributed by atoms with Gasteiger partial charge in [0.05, 0.1) is 13.7 Å². The first kappa shape index (κ1) is 28.6. The number of rotatable bonds is 6. The van der Waals surface area contributed by atoms with Crippen LogP contribution in [0.5, 0.6) is 5.88 Å². The van der Waals surface area contributed by atoms with Crippen LogP contribution in [0.2, 0.25) is 0 Å². The van der Waals surface area contributed by atoms with E-state index in [1.54, 1.807) is 13.3 Å². The molecule has 8 heteroatoms. The number of fused-ring (bicyclic) bond motifs is 2. The van der Waals surface area contributed by atoms with E-state index in [0.717, 1.165) is 38.9 Å². The van der Waals surface area contributed by atoms with Crippen LogP contribution in [-0.4, -0.2) is 52.9 Å². The summed E-state index contributed by atoms with van der Waals surface area (Å²) in [5.74, 6) is 0.0911. The number of aromatic nitrogens is 1. The summed E-state index contributed by atoms with van der Waals surface area (Å²) in [6.45, 7) is 8.83. The van der Waals surface area contributed by atoms with Gasteiger partial charge in [0.15, 0.2) is 0 Å². The molecule has 5 rings (SSSR count). The van der Waals surface area contributed by atoms with Gasteiger partial charge in [-0.3, -0.25) is 4.79 Å². The standard InChI is InChI=1S/C33H38N2O6/c1-21-16-23(26-9-7-6-8-22(26)11-13-30(36)41-32(2,3)4)10-12-25(21)28-19-35(31(37)38)15-14-33(28)27-17-29(39-5)34-18-24(27)20-40-33/h6-10,12,16-18,28H,11,13-15,19-20H2,1-5H3,(H,37,38)/t28-,33+/m1/s1. The highest BCUT2D eigenvalue weighted by molar-refractivity contribution is 5.73. The van der Waals surface area contributed by atoms with Gasteiger partial charge in [-0.05, 0) is 73.9 Å². The molecule has 2 atom stereocenters. The number of aryl methyl sites for hydroxylation is 2. The summed E-state index contributed by atoms with van der Waals surface area (Å²) in [7, 11) is 1.59. The fraction of sp³-hybridized carbons (Fsp3) is 0.424. The third kappa shape index (κ3) is 5.79. The zero-order valence-electron chi connectivity index (χ0n) is 24.4. The van der Waals surface area contributed by atoms with E-state index in [4.69, 9.17) is 14.2 Å². The number of esters is 1. The summed E-state index contributed by atoms with van der Waals surface area (Å²) in [5.41, 5.74) is 6.14. The van der Waals surface area contributed by atoms with E-state index in [9.17, 15) is 14.7 Å². The number of likely N-dealkylation sites (tertiary alicyclic amines) is 1. The predicted molar refractivity (Wildman–Crippen MR) is 155 cm³/mol. The number of methoxy groups -OCH3 is 1. The number of amides is 1. The van der Waals surface area contributed by atoms with Gasteiger partial charge in [-0.15, -0.1) is 0 Å². The smallest absolute Gasteiger partial charge is 0.407 e. The van der Waals surface area contributed by atoms with Crippen molar-refractivity contribution in [2.75, 3.05) is 20.2 Å². The van der Waals surface area contributed by atoms with Crippen LogP contribution < -0.4 is 4.74 Å². The molecule has 2 aromatic carbocycles. The van der Waals surface area contributed by atoms with E-state index in [2.05, 4.69) is 42.2 Å². The van der Waals surface area contributed by atoms with Gasteiger partial charge in [0.25, 0.3) is 0 Å². The van der Waals surface area contributed by atoms with E-state index in [-0.39, 0.29) is 11.9 Å². The third-order valence-corrected chi connectivity index (χ3v) is 8.09. The number of carboxylic acid groups (broad SMARTS) is 1. The molecular formula is C33H38N2O6. The molecule has 3 heterocycles. The van der Waals surface area contributed by atoms with Gasteiger partial charge in [-0.1, -0.05) is 42.5 Å². The molecule has 1 amide bonds. The van der Waals surface area contributed by atoms with Crippen molar-refractivity contribution in [3.05, 3.63) is 82.5 Å². The summed E-state index contributed by atoms with van der Waals surface area (Å²) >= 11 is 0. The zero-order chi connectivity index (χ0) is 29.4. The summed E-state index contributed by atoms with van der Waals surface area (Å²) < 4.78 is 17.5. The number of hydrogen-bond acceptors (Lipinski definition) is 6. The molecule has 0 radical (unpaired) electrons. The summed E-state index contributed by atoms with van der Waals surface area (Å²) in [6, 6.07) is 16.4. The molecule has 216 valence electrons. The van der Waals surface area contributed by atoms with Crippen molar-refractivity contribution in [2.24, 2.45) is 0 Å². The maximum atomic E-state index is 12.4. The molecule has 1 saturated heterocycles. The van der Waals surface area contributed by atoms with Crippen LogP contribution in [0.4, 0.5) is 4.79 Å². The van der Waals surface area contributed by atoms with Crippen molar-refractivity contribution in [1.29, 1.82) is 0 Å². The van der Waals surface area contributed by atoms with Gasteiger partial charge >= 0.3 is 12.1 Å². The molecule has 0 bridgehead atoms. The van der Waals surface area contributed by atoms with Gasteiger partial charge < -0.3 is 24.2 Å². The first-order valence-electron chi connectivity index (χ1n) is 14.1. The summed E-state index contributed by atoms with van der Waals surface area (Å²) in [4.78, 5) is 30.3. The second-order valence-electron chi connectivity index (χ2n) is 11.9. The molecular weight excluding hydrogens is 520 g/mol. The highest BCUT2D eigenvalue weighted by Gasteiger charge is 2.51. The molecule has 2 aliphatic rings. The van der Waals surface area contributed by atoms with Crippen LogP contribution in [-0.2, 0) is 32.9 Å². The Bertz CT molecular complexity index is 1460. The van der Waals surface area contributed by atoms with Gasteiger partial charge in [0, 0.05) is 43.3 Å². The maximum Gasteiger partial charge on any atom is 0.407 e. The number of nitrogens with zero attached hydrogens (tertiary/aromatic N) is 2. The van der Waals surface area contributed by atoms with Crippen molar-refractivity contribution in [3.8, 4) is 17.0 Å². The number of pyridine rings is 1.